The molecule has 0 bridgehead atoms. The topological polar surface area (TPSA) is 35.5 Å². The number of hydrogen-bond donors (Lipinski definition) is 2. The zero-order valence-electron chi connectivity index (χ0n) is 10.4. The monoisotopic (exact) mass is 222 g/mol. The maximum atomic E-state index is 9.93. The van der Waals surface area contributed by atoms with Gasteiger partial charge in [-0.2, -0.15) is 0 Å². The summed E-state index contributed by atoms with van der Waals surface area (Å²) in [6.45, 7) is 3.69. The van der Waals surface area contributed by atoms with Gasteiger partial charge in [-0.05, 0) is 26.6 Å². The van der Waals surface area contributed by atoms with Gasteiger partial charge in [-0.15, -0.1) is 0 Å². The summed E-state index contributed by atoms with van der Waals surface area (Å²) < 4.78 is 0. The molecule has 0 heterocycles. The molecule has 90 valence electrons. The quantitative estimate of drug-likeness (QED) is 0.760. The first kappa shape index (κ1) is 13.2. The number of rotatable bonds is 6. The fourth-order valence-corrected chi connectivity index (χ4v) is 1.72. The van der Waals surface area contributed by atoms with E-state index in [1.807, 2.05) is 44.4 Å². The molecule has 0 spiro atoms. The second kappa shape index (κ2) is 6.63. The first-order valence-electron chi connectivity index (χ1n) is 5.70. The van der Waals surface area contributed by atoms with E-state index in [4.69, 9.17) is 0 Å². The van der Waals surface area contributed by atoms with Crippen LogP contribution in [0.4, 0.5) is 0 Å². The van der Waals surface area contributed by atoms with Gasteiger partial charge in [0.1, 0.15) is 0 Å². The summed E-state index contributed by atoms with van der Waals surface area (Å²) in [4.78, 5) is 2.13. The van der Waals surface area contributed by atoms with E-state index in [0.717, 1.165) is 12.1 Å². The second-order valence-corrected chi connectivity index (χ2v) is 4.50. The molecule has 0 fully saturated rings. The van der Waals surface area contributed by atoms with Crippen LogP contribution in [0.1, 0.15) is 18.6 Å². The Labute approximate surface area is 98.1 Å². The first-order valence-corrected chi connectivity index (χ1v) is 5.70. The Balaban J connectivity index is 2.33. The van der Waals surface area contributed by atoms with E-state index in [2.05, 4.69) is 17.1 Å². The molecule has 0 aliphatic carbocycles. The fraction of sp³-hybridized carbons (Fsp3) is 0.538. The lowest BCUT2D eigenvalue weighted by Gasteiger charge is -2.20. The number of likely N-dealkylation sites (N-methyl/N-ethyl adjacent to an activating group) is 1. The molecule has 0 amide bonds. The highest BCUT2D eigenvalue weighted by molar-refractivity contribution is 5.17. The molecule has 0 aromatic heterocycles. The Morgan fingerprint density at radius 1 is 1.25 bits per heavy atom. The van der Waals surface area contributed by atoms with Crippen molar-refractivity contribution >= 4 is 0 Å². The SMILES string of the molecule is CC(CN(C)C)NCC(O)c1ccccc1. The van der Waals surface area contributed by atoms with Crippen molar-refractivity contribution in [1.82, 2.24) is 10.2 Å². The number of hydrogen-bond acceptors (Lipinski definition) is 3. The van der Waals surface area contributed by atoms with Crippen LogP contribution >= 0.6 is 0 Å². The van der Waals surface area contributed by atoms with Gasteiger partial charge < -0.3 is 15.3 Å². The van der Waals surface area contributed by atoms with Gasteiger partial charge in [0.25, 0.3) is 0 Å². The second-order valence-electron chi connectivity index (χ2n) is 4.50. The lowest BCUT2D eigenvalue weighted by molar-refractivity contribution is 0.167. The van der Waals surface area contributed by atoms with Crippen molar-refractivity contribution in [2.24, 2.45) is 0 Å². The molecular weight excluding hydrogens is 200 g/mol. The predicted molar refractivity (Wildman–Crippen MR) is 67.4 cm³/mol. The van der Waals surface area contributed by atoms with Crippen LogP contribution in [-0.2, 0) is 0 Å². The first-order chi connectivity index (χ1) is 7.59. The van der Waals surface area contributed by atoms with Crippen LogP contribution in [-0.4, -0.2) is 43.2 Å². The highest BCUT2D eigenvalue weighted by Crippen LogP contribution is 2.10. The van der Waals surface area contributed by atoms with Crippen molar-refractivity contribution in [1.29, 1.82) is 0 Å². The third kappa shape index (κ3) is 4.75. The fourth-order valence-electron chi connectivity index (χ4n) is 1.72. The minimum Gasteiger partial charge on any atom is -0.387 e. The van der Waals surface area contributed by atoms with Gasteiger partial charge in [0.05, 0.1) is 6.10 Å². The maximum Gasteiger partial charge on any atom is 0.0914 e. The summed E-state index contributed by atoms with van der Waals surface area (Å²) in [6.07, 6.45) is -0.425. The van der Waals surface area contributed by atoms with Crippen LogP contribution in [0.15, 0.2) is 30.3 Å². The summed E-state index contributed by atoms with van der Waals surface area (Å²) in [5.41, 5.74) is 0.965. The Morgan fingerprint density at radius 3 is 2.44 bits per heavy atom. The molecule has 1 rings (SSSR count). The van der Waals surface area contributed by atoms with Crippen molar-refractivity contribution in [3.63, 3.8) is 0 Å². The van der Waals surface area contributed by atoms with Gasteiger partial charge in [0, 0.05) is 19.1 Å². The van der Waals surface area contributed by atoms with Gasteiger partial charge in [-0.25, -0.2) is 0 Å². The summed E-state index contributed by atoms with van der Waals surface area (Å²) in [7, 11) is 4.09. The maximum absolute atomic E-state index is 9.93. The molecule has 0 saturated heterocycles. The molecule has 2 N–H and O–H groups in total. The average molecular weight is 222 g/mol. The van der Waals surface area contributed by atoms with Crippen LogP contribution in [0, 0.1) is 0 Å². The Morgan fingerprint density at radius 2 is 1.88 bits per heavy atom. The molecule has 1 aromatic carbocycles. The number of benzene rings is 1. The van der Waals surface area contributed by atoms with Gasteiger partial charge in [0.15, 0.2) is 0 Å². The molecule has 0 aliphatic heterocycles. The Hall–Kier alpha value is -0.900. The lowest BCUT2D eigenvalue weighted by atomic mass is 10.1. The van der Waals surface area contributed by atoms with Crippen molar-refractivity contribution in [3.05, 3.63) is 35.9 Å². The zero-order valence-corrected chi connectivity index (χ0v) is 10.4. The minimum atomic E-state index is -0.425. The van der Waals surface area contributed by atoms with E-state index in [-0.39, 0.29) is 0 Å². The molecule has 0 radical (unpaired) electrons. The molecular formula is C13H22N2O. The number of nitrogens with zero attached hydrogens (tertiary/aromatic N) is 1. The molecule has 3 nitrogen and oxygen atoms in total. The van der Waals surface area contributed by atoms with Gasteiger partial charge >= 0.3 is 0 Å². The van der Waals surface area contributed by atoms with Crippen molar-refractivity contribution in [2.45, 2.75) is 19.1 Å². The van der Waals surface area contributed by atoms with Crippen LogP contribution in [0.2, 0.25) is 0 Å². The number of aliphatic hydroxyl groups is 1. The summed E-state index contributed by atoms with van der Waals surface area (Å²) in [5.74, 6) is 0. The molecule has 3 heteroatoms. The largest absolute Gasteiger partial charge is 0.387 e. The summed E-state index contributed by atoms with van der Waals surface area (Å²) >= 11 is 0. The van der Waals surface area contributed by atoms with Gasteiger partial charge in [0.2, 0.25) is 0 Å². The molecule has 0 aliphatic rings. The molecule has 16 heavy (non-hydrogen) atoms. The highest BCUT2D eigenvalue weighted by atomic mass is 16.3. The lowest BCUT2D eigenvalue weighted by Crippen LogP contribution is -2.37. The molecule has 1 aromatic rings. The highest BCUT2D eigenvalue weighted by Gasteiger charge is 2.09. The van der Waals surface area contributed by atoms with E-state index in [0.29, 0.717) is 12.6 Å². The van der Waals surface area contributed by atoms with Crippen molar-refractivity contribution < 1.29 is 5.11 Å². The van der Waals surface area contributed by atoms with Crippen molar-refractivity contribution in [2.75, 3.05) is 27.2 Å². The normalized spacial score (nSPS) is 15.1. The van der Waals surface area contributed by atoms with Crippen LogP contribution in [0.5, 0.6) is 0 Å². The molecule has 2 atom stereocenters. The van der Waals surface area contributed by atoms with Crippen LogP contribution in [0.25, 0.3) is 0 Å². The standard InChI is InChI=1S/C13H22N2O/c1-11(10-15(2)3)14-9-13(16)12-7-5-4-6-8-12/h4-8,11,13-14,16H,9-10H2,1-3H3. The number of aliphatic hydroxyl groups excluding tert-OH is 1. The smallest absolute Gasteiger partial charge is 0.0914 e. The minimum absolute atomic E-state index is 0.383. The zero-order chi connectivity index (χ0) is 12.0. The summed E-state index contributed by atoms with van der Waals surface area (Å²) in [5, 5.41) is 13.2. The van der Waals surface area contributed by atoms with Gasteiger partial charge in [-0.3, -0.25) is 0 Å². The van der Waals surface area contributed by atoms with Crippen molar-refractivity contribution in [3.8, 4) is 0 Å². The van der Waals surface area contributed by atoms with E-state index in [1.165, 1.54) is 0 Å². The van der Waals surface area contributed by atoms with E-state index < -0.39 is 6.10 Å². The summed E-state index contributed by atoms with van der Waals surface area (Å²) in [6, 6.07) is 10.1. The van der Waals surface area contributed by atoms with E-state index in [9.17, 15) is 5.11 Å². The third-order valence-corrected chi connectivity index (χ3v) is 2.48. The molecule has 2 unspecified atom stereocenters. The molecule has 0 saturated carbocycles. The Kier molecular flexibility index (Phi) is 5.46. The average Bonchev–Trinajstić information content (AvgIpc) is 2.26. The van der Waals surface area contributed by atoms with E-state index >= 15 is 0 Å². The van der Waals surface area contributed by atoms with E-state index in [1.54, 1.807) is 0 Å². The van der Waals surface area contributed by atoms with Gasteiger partial charge in [-0.1, -0.05) is 30.3 Å². The Bertz CT molecular complexity index is 287. The predicted octanol–water partition coefficient (Wildman–Crippen LogP) is 1.26. The van der Waals surface area contributed by atoms with Crippen LogP contribution in [0.3, 0.4) is 0 Å². The van der Waals surface area contributed by atoms with Crippen LogP contribution < -0.4 is 5.32 Å². The third-order valence-electron chi connectivity index (χ3n) is 2.48. The number of nitrogens with one attached hydrogen (secondary N) is 1.